The highest BCUT2D eigenvalue weighted by Crippen LogP contribution is 2.50. The first-order valence-corrected chi connectivity index (χ1v) is 8.22. The van der Waals surface area contributed by atoms with E-state index in [1.807, 2.05) is 30.3 Å². The van der Waals surface area contributed by atoms with E-state index >= 15 is 0 Å². The van der Waals surface area contributed by atoms with Crippen LogP contribution < -0.4 is 0 Å². The van der Waals surface area contributed by atoms with Gasteiger partial charge >= 0.3 is 6.09 Å². The molecule has 2 fully saturated rings. The molecule has 0 aliphatic carbocycles. The number of halogens is 2. The van der Waals surface area contributed by atoms with Gasteiger partial charge in [0.05, 0.1) is 12.0 Å². The predicted molar refractivity (Wildman–Crippen MR) is 86.9 cm³/mol. The molecule has 1 amide bonds. The van der Waals surface area contributed by atoms with Crippen molar-refractivity contribution in [1.29, 1.82) is 0 Å². The van der Waals surface area contributed by atoms with Gasteiger partial charge in [0, 0.05) is 26.2 Å². The molecule has 0 saturated carbocycles. The fraction of sp³-hybridized carbons (Fsp3) is 0.611. The fourth-order valence-electron chi connectivity index (χ4n) is 3.47. The molecule has 3 rings (SSSR count). The van der Waals surface area contributed by atoms with Gasteiger partial charge in [0.25, 0.3) is 5.92 Å². The Hall–Kier alpha value is -1.69. The van der Waals surface area contributed by atoms with Crippen LogP contribution in [0, 0.1) is 5.41 Å². The molecule has 1 aromatic rings. The van der Waals surface area contributed by atoms with Crippen LogP contribution in [0.2, 0.25) is 0 Å². The van der Waals surface area contributed by atoms with E-state index in [2.05, 4.69) is 0 Å². The van der Waals surface area contributed by atoms with Gasteiger partial charge in [-0.3, -0.25) is 4.90 Å². The Kier molecular flexibility index (Phi) is 4.06. The summed E-state index contributed by atoms with van der Waals surface area (Å²) in [5, 5.41) is 0. The molecule has 1 spiro atoms. The van der Waals surface area contributed by atoms with Crippen molar-refractivity contribution in [3.05, 3.63) is 35.9 Å². The summed E-state index contributed by atoms with van der Waals surface area (Å²) in [6, 6.07) is 9.61. The van der Waals surface area contributed by atoms with Gasteiger partial charge in [0.15, 0.2) is 0 Å². The van der Waals surface area contributed by atoms with Crippen LogP contribution in [0.5, 0.6) is 0 Å². The zero-order valence-electron chi connectivity index (χ0n) is 14.4. The minimum absolute atomic E-state index is 0.0558. The molecule has 24 heavy (non-hydrogen) atoms. The Balaban J connectivity index is 1.62. The van der Waals surface area contributed by atoms with E-state index in [1.165, 1.54) is 4.90 Å². The summed E-state index contributed by atoms with van der Waals surface area (Å²) in [4.78, 5) is 15.2. The molecule has 6 heteroatoms. The molecule has 0 atom stereocenters. The second kappa shape index (κ2) is 5.69. The largest absolute Gasteiger partial charge is 0.444 e. The number of alkyl halides is 2. The molecule has 0 N–H and O–H groups in total. The lowest BCUT2D eigenvalue weighted by molar-refractivity contribution is -0.151. The van der Waals surface area contributed by atoms with Crippen molar-refractivity contribution in [3.8, 4) is 0 Å². The van der Waals surface area contributed by atoms with Crippen molar-refractivity contribution in [3.63, 3.8) is 0 Å². The van der Waals surface area contributed by atoms with Gasteiger partial charge in [0.1, 0.15) is 5.60 Å². The molecule has 2 aliphatic heterocycles. The van der Waals surface area contributed by atoms with Crippen molar-refractivity contribution < 1.29 is 18.3 Å². The summed E-state index contributed by atoms with van der Waals surface area (Å²) in [5.74, 6) is -2.79. The maximum absolute atomic E-state index is 14.6. The SMILES string of the molecule is CC(C)(C)OC(=O)N1CC2(CN(Cc3ccccc3)CC2(F)F)C1. The number of hydrogen-bond donors (Lipinski definition) is 0. The number of likely N-dealkylation sites (tertiary alicyclic amines) is 2. The summed E-state index contributed by atoms with van der Waals surface area (Å²) < 4.78 is 34.4. The quantitative estimate of drug-likeness (QED) is 0.829. The van der Waals surface area contributed by atoms with Gasteiger partial charge in [-0.25, -0.2) is 13.6 Å². The second-order valence-corrected chi connectivity index (χ2v) is 7.95. The molecule has 0 aromatic heterocycles. The topological polar surface area (TPSA) is 32.8 Å². The predicted octanol–water partition coefficient (Wildman–Crippen LogP) is 3.37. The van der Waals surface area contributed by atoms with E-state index in [0.717, 1.165) is 5.56 Å². The number of nitrogens with zero attached hydrogens (tertiary/aromatic N) is 2. The molecule has 0 unspecified atom stereocenters. The number of rotatable bonds is 2. The van der Waals surface area contributed by atoms with Crippen molar-refractivity contribution in [2.24, 2.45) is 5.41 Å². The first kappa shape index (κ1) is 17.1. The zero-order valence-corrected chi connectivity index (χ0v) is 14.4. The van der Waals surface area contributed by atoms with Crippen LogP contribution in [0.3, 0.4) is 0 Å². The Morgan fingerprint density at radius 3 is 2.33 bits per heavy atom. The molecule has 1 aromatic carbocycles. The van der Waals surface area contributed by atoms with Crippen LogP contribution in [0.1, 0.15) is 26.3 Å². The van der Waals surface area contributed by atoms with Crippen LogP contribution in [-0.2, 0) is 11.3 Å². The Bertz CT molecular complexity index is 607. The highest BCUT2D eigenvalue weighted by molar-refractivity contribution is 5.69. The van der Waals surface area contributed by atoms with E-state index in [4.69, 9.17) is 4.74 Å². The average Bonchev–Trinajstić information content (AvgIpc) is 2.66. The monoisotopic (exact) mass is 338 g/mol. The van der Waals surface area contributed by atoms with Crippen molar-refractivity contribution in [2.75, 3.05) is 26.2 Å². The molecule has 2 heterocycles. The standard InChI is InChI=1S/C18H24F2N2O2/c1-16(2,3)24-15(23)22-11-17(12-22)10-21(13-18(17,19)20)9-14-7-5-4-6-8-14/h4-8H,9-13H2,1-3H3. The highest BCUT2D eigenvalue weighted by Gasteiger charge is 2.66. The van der Waals surface area contributed by atoms with Gasteiger partial charge in [-0.05, 0) is 26.3 Å². The summed E-state index contributed by atoms with van der Waals surface area (Å²) in [6.45, 7) is 5.97. The number of amides is 1. The number of carbonyl (C=O) groups is 1. The molecular weight excluding hydrogens is 314 g/mol. The lowest BCUT2D eigenvalue weighted by Gasteiger charge is -2.50. The number of benzene rings is 1. The number of carbonyl (C=O) groups excluding carboxylic acids is 1. The van der Waals surface area contributed by atoms with Gasteiger partial charge in [-0.2, -0.15) is 0 Å². The van der Waals surface area contributed by atoms with Crippen LogP contribution in [0.25, 0.3) is 0 Å². The van der Waals surface area contributed by atoms with E-state index in [0.29, 0.717) is 13.1 Å². The lowest BCUT2D eigenvalue weighted by Crippen LogP contribution is -2.66. The van der Waals surface area contributed by atoms with E-state index < -0.39 is 23.0 Å². The number of hydrogen-bond acceptors (Lipinski definition) is 3. The van der Waals surface area contributed by atoms with Crippen LogP contribution >= 0.6 is 0 Å². The Morgan fingerprint density at radius 2 is 1.75 bits per heavy atom. The maximum atomic E-state index is 14.6. The normalized spacial score (nSPS) is 22.5. The molecule has 2 saturated heterocycles. The smallest absolute Gasteiger partial charge is 0.410 e. The van der Waals surface area contributed by atoms with E-state index in [1.54, 1.807) is 25.7 Å². The molecule has 0 bridgehead atoms. The van der Waals surface area contributed by atoms with Crippen molar-refractivity contribution >= 4 is 6.09 Å². The minimum atomic E-state index is -2.79. The summed E-state index contributed by atoms with van der Waals surface area (Å²) in [7, 11) is 0. The molecule has 132 valence electrons. The Morgan fingerprint density at radius 1 is 1.12 bits per heavy atom. The third kappa shape index (κ3) is 3.24. The first-order chi connectivity index (χ1) is 11.1. The zero-order chi connectivity index (χ0) is 17.6. The van der Waals surface area contributed by atoms with Gasteiger partial charge in [0.2, 0.25) is 0 Å². The molecule has 2 aliphatic rings. The van der Waals surface area contributed by atoms with Crippen LogP contribution in [-0.4, -0.2) is 53.6 Å². The Labute approximate surface area is 141 Å². The van der Waals surface area contributed by atoms with E-state index in [9.17, 15) is 13.6 Å². The molecule has 4 nitrogen and oxygen atoms in total. The van der Waals surface area contributed by atoms with Crippen LogP contribution in [0.15, 0.2) is 30.3 Å². The van der Waals surface area contributed by atoms with Gasteiger partial charge < -0.3 is 9.64 Å². The molecular formula is C18H24F2N2O2. The maximum Gasteiger partial charge on any atom is 0.410 e. The minimum Gasteiger partial charge on any atom is -0.444 e. The third-order valence-corrected chi connectivity index (χ3v) is 4.61. The van der Waals surface area contributed by atoms with Crippen molar-refractivity contribution in [1.82, 2.24) is 9.80 Å². The highest BCUT2D eigenvalue weighted by atomic mass is 19.3. The second-order valence-electron chi connectivity index (χ2n) is 7.95. The summed E-state index contributed by atoms with van der Waals surface area (Å²) >= 11 is 0. The van der Waals surface area contributed by atoms with Gasteiger partial charge in [-0.15, -0.1) is 0 Å². The molecule has 0 radical (unpaired) electrons. The lowest BCUT2D eigenvalue weighted by atomic mass is 9.76. The summed E-state index contributed by atoms with van der Waals surface area (Å²) in [6.07, 6.45) is -0.509. The third-order valence-electron chi connectivity index (χ3n) is 4.61. The number of ether oxygens (including phenoxy) is 1. The van der Waals surface area contributed by atoms with Gasteiger partial charge in [-0.1, -0.05) is 30.3 Å². The van der Waals surface area contributed by atoms with E-state index in [-0.39, 0.29) is 19.6 Å². The van der Waals surface area contributed by atoms with Crippen molar-refractivity contribution in [2.45, 2.75) is 38.8 Å². The average molecular weight is 338 g/mol. The summed E-state index contributed by atoms with van der Waals surface area (Å²) in [5.41, 5.74) is -0.732. The first-order valence-electron chi connectivity index (χ1n) is 8.22. The van der Waals surface area contributed by atoms with Crippen LogP contribution in [0.4, 0.5) is 13.6 Å². The fourth-order valence-corrected chi connectivity index (χ4v) is 3.47.